The van der Waals surface area contributed by atoms with E-state index in [0.29, 0.717) is 0 Å². The Hall–Kier alpha value is -1.07. The molecule has 0 aliphatic carbocycles. The molecule has 0 aromatic heterocycles. The largest absolute Gasteiger partial charge is 2.00 e. The molecule has 8 nitrogen and oxygen atoms in total. The topological polar surface area (TPSA) is 166 Å². The summed E-state index contributed by atoms with van der Waals surface area (Å²) in [6.45, 7) is 2.87. The molecule has 0 heterocycles. The molecule has 0 saturated carbocycles. The zero-order valence-corrected chi connectivity index (χ0v) is 17.9. The Morgan fingerprint density at radius 1 is 0.741 bits per heavy atom. The van der Waals surface area contributed by atoms with Gasteiger partial charge < -0.3 is 20.6 Å². The smallest absolute Gasteiger partial charge is 0.744 e. The van der Waals surface area contributed by atoms with Gasteiger partial charge in [-0.05, 0) is 49.2 Å². The van der Waals surface area contributed by atoms with Crippen LogP contribution in [0.15, 0.2) is 34.1 Å². The molecular weight excluding hydrogens is 486 g/mol. The molecule has 0 fully saturated rings. The summed E-state index contributed by atoms with van der Waals surface area (Å²) >= 11 is 11.2. The number of hydrogen-bond acceptors (Lipinski definition) is 8. The maximum Gasteiger partial charge on any atom is 2.00 e. The summed E-state index contributed by atoms with van der Waals surface area (Å²) < 4.78 is 64.0. The van der Waals surface area contributed by atoms with Crippen LogP contribution in [0, 0.1) is 13.8 Å². The zero-order valence-electron chi connectivity index (χ0n) is 13.8. The molecule has 152 valence electrons. The van der Waals surface area contributed by atoms with Crippen LogP contribution in [-0.4, -0.2) is 25.9 Å². The number of benzene rings is 2. The van der Waals surface area contributed by atoms with Crippen LogP contribution in [0.4, 0.5) is 11.4 Å². The number of nitrogens with two attached hydrogens (primary N) is 2. The molecule has 0 radical (unpaired) electrons. The van der Waals surface area contributed by atoms with E-state index in [1.54, 1.807) is 0 Å². The maximum absolute atomic E-state index is 10.7. The summed E-state index contributed by atoms with van der Waals surface area (Å²) in [6, 6.07) is 4.87. The van der Waals surface area contributed by atoms with Gasteiger partial charge in [-0.25, -0.2) is 16.8 Å². The normalized spacial score (nSPS) is 11.2. The molecule has 27 heavy (non-hydrogen) atoms. The Labute approximate surface area is 177 Å². The number of anilines is 2. The molecule has 0 atom stereocenters. The standard InChI is InChI=1S/2C7H8ClNO3S.Ni/c2*1-4-6(13(10,11)12)3-2-5(8)7(4)9;/h2*2-3H,9H2,1H3,(H,10,11,12);/q;;+2/p-2. The molecular formula is C14H14Cl2N2NiO6S2. The summed E-state index contributed by atoms with van der Waals surface area (Å²) in [4.78, 5) is -0.649. The van der Waals surface area contributed by atoms with Crippen molar-refractivity contribution in [3.63, 3.8) is 0 Å². The first-order valence-electron chi connectivity index (χ1n) is 6.68. The van der Waals surface area contributed by atoms with E-state index in [0.717, 1.165) is 12.1 Å². The van der Waals surface area contributed by atoms with Crippen molar-refractivity contribution in [3.8, 4) is 0 Å². The molecule has 0 spiro atoms. The molecule has 0 aliphatic rings. The monoisotopic (exact) mass is 498 g/mol. The van der Waals surface area contributed by atoms with E-state index < -0.39 is 20.2 Å². The van der Waals surface area contributed by atoms with Crippen molar-refractivity contribution in [2.75, 3.05) is 11.5 Å². The Morgan fingerprint density at radius 3 is 1.22 bits per heavy atom. The molecule has 0 aliphatic heterocycles. The molecule has 2 aromatic rings. The van der Waals surface area contributed by atoms with Crippen molar-refractivity contribution >= 4 is 54.8 Å². The summed E-state index contributed by atoms with van der Waals surface area (Å²) in [7, 11) is -8.92. The fraction of sp³-hybridized carbons (Fsp3) is 0.143. The predicted octanol–water partition coefficient (Wildman–Crippen LogP) is 2.27. The first-order chi connectivity index (χ1) is 11.7. The van der Waals surface area contributed by atoms with Crippen LogP contribution in [0.2, 0.25) is 10.0 Å². The maximum atomic E-state index is 10.7. The molecule has 2 aromatic carbocycles. The van der Waals surface area contributed by atoms with E-state index in [9.17, 15) is 25.9 Å². The van der Waals surface area contributed by atoms with Gasteiger partial charge in [0.2, 0.25) is 0 Å². The van der Waals surface area contributed by atoms with E-state index in [4.69, 9.17) is 34.7 Å². The third-order valence-corrected chi connectivity index (χ3v) is 5.98. The van der Waals surface area contributed by atoms with Crippen molar-refractivity contribution in [2.45, 2.75) is 23.6 Å². The van der Waals surface area contributed by atoms with Crippen molar-refractivity contribution in [1.82, 2.24) is 0 Å². The Balaban J connectivity index is 0.000000483. The minimum Gasteiger partial charge on any atom is -0.744 e. The second kappa shape index (κ2) is 9.42. The molecule has 2 rings (SSSR count). The van der Waals surface area contributed by atoms with Crippen molar-refractivity contribution in [1.29, 1.82) is 0 Å². The minimum absolute atomic E-state index is 0. The summed E-state index contributed by atoms with van der Waals surface area (Å²) in [5, 5.41) is 0.481. The average Bonchev–Trinajstić information content (AvgIpc) is 2.48. The second-order valence-corrected chi connectivity index (χ2v) is 8.59. The molecule has 13 heteroatoms. The van der Waals surface area contributed by atoms with Crippen molar-refractivity contribution in [3.05, 3.63) is 45.4 Å². The van der Waals surface area contributed by atoms with E-state index in [-0.39, 0.29) is 58.8 Å². The van der Waals surface area contributed by atoms with Gasteiger partial charge in [0.25, 0.3) is 0 Å². The van der Waals surface area contributed by atoms with E-state index >= 15 is 0 Å². The van der Waals surface area contributed by atoms with Crippen LogP contribution in [0.25, 0.3) is 0 Å². The van der Waals surface area contributed by atoms with Gasteiger partial charge in [-0.15, -0.1) is 0 Å². The second-order valence-electron chi connectivity index (χ2n) is 5.08. The SMILES string of the molecule is Cc1c(S(=O)(=O)[O-])ccc(Cl)c1N.Cc1c(S(=O)(=O)[O-])ccc(Cl)c1N.[Ni+2]. The quantitative estimate of drug-likeness (QED) is 0.360. The van der Waals surface area contributed by atoms with Crippen LogP contribution in [0.5, 0.6) is 0 Å². The van der Waals surface area contributed by atoms with Crippen LogP contribution in [0.3, 0.4) is 0 Å². The van der Waals surface area contributed by atoms with Crippen molar-refractivity contribution < 1.29 is 42.4 Å². The number of rotatable bonds is 2. The van der Waals surface area contributed by atoms with Gasteiger partial charge in [0.15, 0.2) is 0 Å². The van der Waals surface area contributed by atoms with E-state index in [2.05, 4.69) is 0 Å². The Morgan fingerprint density at radius 2 is 1.00 bits per heavy atom. The van der Waals surface area contributed by atoms with Crippen LogP contribution in [0.1, 0.15) is 11.1 Å². The van der Waals surface area contributed by atoms with Crippen LogP contribution in [-0.2, 0) is 36.7 Å². The third kappa shape index (κ3) is 6.50. The van der Waals surface area contributed by atoms with Gasteiger partial charge in [-0.1, -0.05) is 23.2 Å². The van der Waals surface area contributed by atoms with E-state index in [1.807, 2.05) is 0 Å². The predicted molar refractivity (Wildman–Crippen MR) is 97.1 cm³/mol. The van der Waals surface area contributed by atoms with Gasteiger partial charge in [0.05, 0.1) is 31.2 Å². The van der Waals surface area contributed by atoms with Gasteiger partial charge in [0, 0.05) is 0 Å². The number of nitrogen functional groups attached to an aromatic ring is 2. The molecule has 4 N–H and O–H groups in total. The van der Waals surface area contributed by atoms with Gasteiger partial charge in [-0.2, -0.15) is 0 Å². The molecule has 0 saturated heterocycles. The fourth-order valence-corrected chi connectivity index (χ4v) is 3.74. The summed E-state index contributed by atoms with van der Waals surface area (Å²) in [5.41, 5.74) is 11.5. The van der Waals surface area contributed by atoms with Crippen molar-refractivity contribution in [2.24, 2.45) is 0 Å². The Kier molecular flexibility index (Phi) is 9.05. The molecule has 0 unspecified atom stereocenters. The number of hydrogen-bond donors (Lipinski definition) is 2. The molecule has 0 bridgehead atoms. The minimum atomic E-state index is -4.46. The summed E-state index contributed by atoms with van der Waals surface area (Å²) in [6.07, 6.45) is 0. The average molecular weight is 500 g/mol. The summed E-state index contributed by atoms with van der Waals surface area (Å²) in [5.74, 6) is 0. The Bertz CT molecular complexity index is 974. The fourth-order valence-electron chi connectivity index (χ4n) is 1.89. The zero-order chi connectivity index (χ0) is 20.4. The third-order valence-electron chi connectivity index (χ3n) is 3.36. The van der Waals surface area contributed by atoms with Gasteiger partial charge >= 0.3 is 16.5 Å². The van der Waals surface area contributed by atoms with E-state index in [1.165, 1.54) is 26.0 Å². The molecule has 0 amide bonds. The van der Waals surface area contributed by atoms with Crippen LogP contribution < -0.4 is 11.5 Å². The van der Waals surface area contributed by atoms with Gasteiger partial charge in [0.1, 0.15) is 20.2 Å². The first kappa shape index (κ1) is 25.9. The number of halogens is 2. The van der Waals surface area contributed by atoms with Crippen LogP contribution >= 0.6 is 23.2 Å². The first-order valence-corrected chi connectivity index (χ1v) is 10.3. The van der Waals surface area contributed by atoms with Gasteiger partial charge in [-0.3, -0.25) is 0 Å².